The van der Waals surface area contributed by atoms with Gasteiger partial charge in [-0.05, 0) is 5.16 Å². The number of aromatic nitrogens is 2. The van der Waals surface area contributed by atoms with Crippen LogP contribution in [0.2, 0.25) is 0 Å². The average Bonchev–Trinajstić information content (AvgIpc) is 2.34. The fourth-order valence-corrected chi connectivity index (χ4v) is 0.578. The van der Waals surface area contributed by atoms with Crippen LogP contribution >= 0.6 is 0 Å². The van der Waals surface area contributed by atoms with E-state index in [4.69, 9.17) is 0 Å². The lowest BCUT2D eigenvalue weighted by Crippen LogP contribution is -2.19. The van der Waals surface area contributed by atoms with E-state index in [9.17, 15) is 24.6 Å². The van der Waals surface area contributed by atoms with Crippen LogP contribution in [0.1, 0.15) is 12.1 Å². The SMILES string of the molecule is O=[N+]([O-])C(c1nc(F)no1)[N+](=O)[O-]. The molecule has 0 amide bonds. The van der Waals surface area contributed by atoms with Crippen LogP contribution in [0.4, 0.5) is 4.39 Å². The second-order valence-corrected chi connectivity index (χ2v) is 1.85. The van der Waals surface area contributed by atoms with Gasteiger partial charge in [-0.25, -0.2) is 0 Å². The van der Waals surface area contributed by atoms with Gasteiger partial charge in [0.25, 0.3) is 0 Å². The Labute approximate surface area is 68.5 Å². The molecule has 13 heavy (non-hydrogen) atoms. The van der Waals surface area contributed by atoms with Gasteiger partial charge in [-0.3, -0.25) is 20.2 Å². The highest BCUT2D eigenvalue weighted by molar-refractivity contribution is 4.76. The van der Waals surface area contributed by atoms with Crippen LogP contribution in [0.5, 0.6) is 0 Å². The molecule has 1 aromatic rings. The van der Waals surface area contributed by atoms with E-state index < -0.39 is 28.0 Å². The first-order valence-corrected chi connectivity index (χ1v) is 2.78. The van der Waals surface area contributed by atoms with Crippen molar-refractivity contribution >= 4 is 0 Å². The van der Waals surface area contributed by atoms with Crippen molar-refractivity contribution in [1.29, 1.82) is 0 Å². The molecular formula is C3HFN4O5. The Kier molecular flexibility index (Phi) is 2.13. The third kappa shape index (κ3) is 1.72. The lowest BCUT2D eigenvalue weighted by Gasteiger charge is -1.93. The maximum atomic E-state index is 12.1. The monoisotopic (exact) mass is 192 g/mol. The fourth-order valence-electron chi connectivity index (χ4n) is 0.578. The van der Waals surface area contributed by atoms with Gasteiger partial charge in [0.1, 0.15) is 9.85 Å². The van der Waals surface area contributed by atoms with E-state index in [1.165, 1.54) is 0 Å². The molecule has 0 atom stereocenters. The summed E-state index contributed by atoms with van der Waals surface area (Å²) in [4.78, 5) is 20.3. The molecule has 0 fully saturated rings. The number of nitrogens with zero attached hydrogens (tertiary/aromatic N) is 4. The molecule has 0 aliphatic carbocycles. The van der Waals surface area contributed by atoms with Gasteiger partial charge >= 0.3 is 18.1 Å². The van der Waals surface area contributed by atoms with Crippen LogP contribution < -0.4 is 0 Å². The molecule has 0 bridgehead atoms. The highest BCUT2D eigenvalue weighted by Gasteiger charge is 2.41. The number of hydrogen-bond donors (Lipinski definition) is 0. The van der Waals surface area contributed by atoms with Crippen LogP contribution in [-0.2, 0) is 0 Å². The normalized spacial score (nSPS) is 10.3. The molecular weight excluding hydrogens is 191 g/mol. The smallest absolute Gasteiger partial charge is 0.320 e. The second kappa shape index (κ2) is 3.08. The molecule has 0 aromatic carbocycles. The molecule has 1 aromatic heterocycles. The van der Waals surface area contributed by atoms with E-state index >= 15 is 0 Å². The molecule has 0 N–H and O–H groups in total. The Morgan fingerprint density at radius 2 is 1.92 bits per heavy atom. The summed E-state index contributed by atoms with van der Waals surface area (Å²) >= 11 is 0. The van der Waals surface area contributed by atoms with Crippen LogP contribution in [0.25, 0.3) is 0 Å². The zero-order valence-corrected chi connectivity index (χ0v) is 5.79. The highest BCUT2D eigenvalue weighted by atomic mass is 19.1. The predicted molar refractivity (Wildman–Crippen MR) is 31.0 cm³/mol. The van der Waals surface area contributed by atoms with Crippen LogP contribution in [0.3, 0.4) is 0 Å². The molecule has 10 heteroatoms. The standard InChI is InChI=1S/C3HFN4O5/c4-3-5-1(13-6-3)2(7(9)10)8(11)12/h2H. The molecule has 1 rings (SSSR count). The zero-order valence-electron chi connectivity index (χ0n) is 5.79. The summed E-state index contributed by atoms with van der Waals surface area (Å²) in [6, 6.07) is 0. The first kappa shape index (κ1) is 8.96. The molecule has 0 spiro atoms. The predicted octanol–water partition coefficient (Wildman–Crippen LogP) is -0.239. The maximum absolute atomic E-state index is 12.1. The summed E-state index contributed by atoms with van der Waals surface area (Å²) in [6.07, 6.45) is -3.80. The van der Waals surface area contributed by atoms with Gasteiger partial charge in [0.05, 0.1) is 0 Å². The number of rotatable bonds is 3. The minimum Gasteiger partial charge on any atom is -0.320 e. The molecule has 70 valence electrons. The number of halogens is 1. The summed E-state index contributed by atoms with van der Waals surface area (Å²) in [6.45, 7) is 0. The minimum absolute atomic E-state index is 0.993. The van der Waals surface area contributed by atoms with E-state index in [0.717, 1.165) is 0 Å². The highest BCUT2D eigenvalue weighted by Crippen LogP contribution is 2.13. The van der Waals surface area contributed by atoms with Gasteiger partial charge in [0.2, 0.25) is 0 Å². The van der Waals surface area contributed by atoms with Crippen LogP contribution in [0, 0.1) is 26.3 Å². The van der Waals surface area contributed by atoms with Gasteiger partial charge in [0.15, 0.2) is 0 Å². The van der Waals surface area contributed by atoms with Gasteiger partial charge < -0.3 is 4.52 Å². The quantitative estimate of drug-likeness (QED) is 0.367. The lowest BCUT2D eigenvalue weighted by atomic mass is 10.5. The van der Waals surface area contributed by atoms with Crippen molar-refractivity contribution in [2.24, 2.45) is 0 Å². The lowest BCUT2D eigenvalue weighted by molar-refractivity contribution is -0.756. The van der Waals surface area contributed by atoms with Crippen LogP contribution in [-0.4, -0.2) is 20.0 Å². The Bertz CT molecular complexity index is 335. The average molecular weight is 192 g/mol. The molecule has 0 aliphatic heterocycles. The van der Waals surface area contributed by atoms with Crippen molar-refractivity contribution in [1.82, 2.24) is 10.1 Å². The van der Waals surface area contributed by atoms with E-state index in [0.29, 0.717) is 0 Å². The van der Waals surface area contributed by atoms with Crippen molar-refractivity contribution in [3.8, 4) is 0 Å². The van der Waals surface area contributed by atoms with E-state index in [-0.39, 0.29) is 0 Å². The topological polar surface area (TPSA) is 125 Å². The third-order valence-corrected chi connectivity index (χ3v) is 1.04. The van der Waals surface area contributed by atoms with Crippen LogP contribution in [0.15, 0.2) is 4.52 Å². The van der Waals surface area contributed by atoms with E-state index in [1.807, 2.05) is 0 Å². The molecule has 0 saturated carbocycles. The third-order valence-electron chi connectivity index (χ3n) is 1.04. The summed E-state index contributed by atoms with van der Waals surface area (Å²) in [5.41, 5.74) is 0. The number of nitro groups is 2. The van der Waals surface area contributed by atoms with Crippen molar-refractivity contribution in [3.05, 3.63) is 32.2 Å². The van der Waals surface area contributed by atoms with Crippen molar-refractivity contribution in [2.75, 3.05) is 0 Å². The summed E-state index contributed by atoms with van der Waals surface area (Å²) in [5.74, 6) is -0.993. The molecule has 9 nitrogen and oxygen atoms in total. The number of hydrogen-bond acceptors (Lipinski definition) is 7. The van der Waals surface area contributed by atoms with Crippen molar-refractivity contribution < 1.29 is 18.8 Å². The zero-order chi connectivity index (χ0) is 10.0. The maximum Gasteiger partial charge on any atom is 0.527 e. The first-order chi connectivity index (χ1) is 6.02. The molecule has 0 unspecified atom stereocenters. The minimum atomic E-state index is -2.42. The van der Waals surface area contributed by atoms with Crippen molar-refractivity contribution in [2.45, 2.75) is 6.17 Å². The van der Waals surface area contributed by atoms with Gasteiger partial charge in [-0.15, -0.1) is 0 Å². The second-order valence-electron chi connectivity index (χ2n) is 1.85. The summed E-state index contributed by atoms with van der Waals surface area (Å²) in [7, 11) is 0. The Morgan fingerprint density at radius 1 is 1.38 bits per heavy atom. The summed E-state index contributed by atoms with van der Waals surface area (Å²) in [5, 5.41) is 22.7. The van der Waals surface area contributed by atoms with E-state index in [2.05, 4.69) is 14.7 Å². The largest absolute Gasteiger partial charge is 0.527 e. The van der Waals surface area contributed by atoms with Gasteiger partial charge in [-0.1, -0.05) is 0 Å². The Balaban J connectivity index is 3.02. The molecule has 0 aliphatic rings. The van der Waals surface area contributed by atoms with Crippen molar-refractivity contribution in [3.63, 3.8) is 0 Å². The van der Waals surface area contributed by atoms with Gasteiger partial charge in [0, 0.05) is 0 Å². The molecule has 0 radical (unpaired) electrons. The summed E-state index contributed by atoms with van der Waals surface area (Å²) < 4.78 is 16.0. The van der Waals surface area contributed by atoms with E-state index in [1.54, 1.807) is 0 Å². The Morgan fingerprint density at radius 3 is 2.23 bits per heavy atom. The first-order valence-electron chi connectivity index (χ1n) is 2.78. The van der Waals surface area contributed by atoms with Gasteiger partial charge in [-0.2, -0.15) is 9.37 Å². The molecule has 0 saturated heterocycles. The fraction of sp³-hybridized carbons (Fsp3) is 0.333. The Hall–Kier alpha value is -2.13. The molecule has 1 heterocycles.